The zero-order valence-electron chi connectivity index (χ0n) is 7.92. The summed E-state index contributed by atoms with van der Waals surface area (Å²) in [4.78, 5) is 3.42. The summed E-state index contributed by atoms with van der Waals surface area (Å²) in [5.41, 5.74) is -0.903. The molecule has 1 aliphatic rings. The number of rotatable bonds is 2. The molecule has 0 aromatic carbocycles. The van der Waals surface area contributed by atoms with Crippen LogP contribution in [-0.4, -0.2) is 11.1 Å². The minimum atomic E-state index is -4.40. The Balaban J connectivity index is 2.11. The summed E-state index contributed by atoms with van der Waals surface area (Å²) >= 11 is 0. The molecule has 1 heterocycles. The van der Waals surface area contributed by atoms with Crippen LogP contribution in [-0.2, 0) is 6.18 Å². The van der Waals surface area contributed by atoms with E-state index in [1.807, 2.05) is 0 Å². The average molecular weight is 217 g/mol. The summed E-state index contributed by atoms with van der Waals surface area (Å²) in [5, 5.41) is 0. The summed E-state index contributed by atoms with van der Waals surface area (Å²) in [7, 11) is 0. The molecule has 0 bridgehead atoms. The monoisotopic (exact) mass is 217 g/mol. The van der Waals surface area contributed by atoms with E-state index in [-0.39, 0.29) is 12.0 Å². The summed E-state index contributed by atoms with van der Waals surface area (Å²) in [6, 6.07) is 3.70. The van der Waals surface area contributed by atoms with Crippen molar-refractivity contribution in [2.24, 2.45) is 0 Å². The predicted molar refractivity (Wildman–Crippen MR) is 47.5 cm³/mol. The third-order valence-electron chi connectivity index (χ3n) is 2.35. The van der Waals surface area contributed by atoms with Crippen molar-refractivity contribution in [3.05, 3.63) is 23.9 Å². The highest BCUT2D eigenvalue weighted by atomic mass is 19.4. The van der Waals surface area contributed by atoms with Gasteiger partial charge in [-0.15, -0.1) is 0 Å². The van der Waals surface area contributed by atoms with Crippen LogP contribution in [0.3, 0.4) is 0 Å². The molecule has 1 aromatic rings. The number of nitrogens with zero attached hydrogens (tertiary/aromatic N) is 1. The van der Waals surface area contributed by atoms with Gasteiger partial charge in [0.2, 0.25) is 5.88 Å². The molecular formula is C10H10F3NO. The Morgan fingerprint density at radius 1 is 1.27 bits per heavy atom. The normalized spacial score (nSPS) is 17.3. The lowest BCUT2D eigenvalue weighted by atomic mass is 9.96. The first-order chi connectivity index (χ1) is 7.05. The van der Waals surface area contributed by atoms with Crippen LogP contribution in [0.5, 0.6) is 5.88 Å². The minimum absolute atomic E-state index is 0.0426. The van der Waals surface area contributed by atoms with Gasteiger partial charge in [0.25, 0.3) is 0 Å². The molecule has 1 aliphatic carbocycles. The Morgan fingerprint density at radius 3 is 2.53 bits per heavy atom. The van der Waals surface area contributed by atoms with E-state index in [9.17, 15) is 13.2 Å². The summed E-state index contributed by atoms with van der Waals surface area (Å²) < 4.78 is 42.1. The largest absolute Gasteiger partial charge is 0.474 e. The van der Waals surface area contributed by atoms with Crippen LogP contribution < -0.4 is 4.74 Å². The molecule has 0 spiro atoms. The van der Waals surface area contributed by atoms with Crippen LogP contribution in [0, 0.1) is 0 Å². The molecule has 0 N–H and O–H groups in total. The highest BCUT2D eigenvalue weighted by Gasteiger charge is 2.33. The number of pyridine rings is 1. The van der Waals surface area contributed by atoms with Crippen molar-refractivity contribution < 1.29 is 17.9 Å². The van der Waals surface area contributed by atoms with Crippen molar-refractivity contribution in [3.8, 4) is 5.88 Å². The zero-order chi connectivity index (χ0) is 10.9. The van der Waals surface area contributed by atoms with E-state index in [2.05, 4.69) is 4.98 Å². The van der Waals surface area contributed by atoms with Crippen molar-refractivity contribution in [1.29, 1.82) is 0 Å². The molecular weight excluding hydrogens is 207 g/mol. The molecule has 0 atom stereocenters. The van der Waals surface area contributed by atoms with Crippen LogP contribution >= 0.6 is 0 Å². The fourth-order valence-electron chi connectivity index (χ4n) is 1.30. The van der Waals surface area contributed by atoms with Gasteiger partial charge in [-0.1, -0.05) is 6.07 Å². The van der Waals surface area contributed by atoms with Crippen LogP contribution in [0.1, 0.15) is 25.0 Å². The summed E-state index contributed by atoms with van der Waals surface area (Å²) in [6.07, 6.45) is -1.49. The Morgan fingerprint density at radius 2 is 2.00 bits per heavy atom. The maximum absolute atomic E-state index is 12.3. The van der Waals surface area contributed by atoms with Gasteiger partial charge in [0.15, 0.2) is 0 Å². The summed E-state index contributed by atoms with van der Waals surface area (Å²) in [6.45, 7) is 0. The van der Waals surface area contributed by atoms with Gasteiger partial charge in [-0.05, 0) is 25.3 Å². The first-order valence-corrected chi connectivity index (χ1v) is 4.76. The molecule has 0 aliphatic heterocycles. The smallest absolute Gasteiger partial charge is 0.433 e. The molecule has 5 heteroatoms. The van der Waals surface area contributed by atoms with Crippen molar-refractivity contribution in [1.82, 2.24) is 4.98 Å². The fraction of sp³-hybridized carbons (Fsp3) is 0.500. The molecule has 0 saturated heterocycles. The van der Waals surface area contributed by atoms with Gasteiger partial charge in [0.1, 0.15) is 11.8 Å². The number of alkyl halides is 3. The van der Waals surface area contributed by atoms with E-state index in [1.165, 1.54) is 12.1 Å². The minimum Gasteiger partial charge on any atom is -0.474 e. The Labute approximate surface area is 85.1 Å². The quantitative estimate of drug-likeness (QED) is 0.759. The van der Waals surface area contributed by atoms with Crippen LogP contribution in [0.15, 0.2) is 18.2 Å². The molecule has 1 fully saturated rings. The lowest BCUT2D eigenvalue weighted by molar-refractivity contribution is -0.141. The highest BCUT2D eigenvalue weighted by Crippen LogP contribution is 2.30. The van der Waals surface area contributed by atoms with E-state index in [4.69, 9.17) is 4.74 Å². The van der Waals surface area contributed by atoms with Gasteiger partial charge < -0.3 is 4.74 Å². The number of aromatic nitrogens is 1. The predicted octanol–water partition coefficient (Wildman–Crippen LogP) is 3.03. The third kappa shape index (κ3) is 2.40. The van der Waals surface area contributed by atoms with Crippen molar-refractivity contribution in [3.63, 3.8) is 0 Å². The molecule has 0 unspecified atom stereocenters. The van der Waals surface area contributed by atoms with Gasteiger partial charge in [0, 0.05) is 6.07 Å². The first kappa shape index (κ1) is 10.3. The molecule has 15 heavy (non-hydrogen) atoms. The molecule has 82 valence electrons. The molecule has 1 aromatic heterocycles. The fourth-order valence-corrected chi connectivity index (χ4v) is 1.30. The topological polar surface area (TPSA) is 22.1 Å². The van der Waals surface area contributed by atoms with Crippen molar-refractivity contribution >= 4 is 0 Å². The number of halogens is 3. The van der Waals surface area contributed by atoms with E-state index in [1.54, 1.807) is 0 Å². The van der Waals surface area contributed by atoms with E-state index in [0.29, 0.717) is 0 Å². The van der Waals surface area contributed by atoms with Gasteiger partial charge in [-0.25, -0.2) is 4.98 Å². The van der Waals surface area contributed by atoms with Crippen LogP contribution in [0.2, 0.25) is 0 Å². The Hall–Kier alpha value is -1.26. The molecule has 1 saturated carbocycles. The van der Waals surface area contributed by atoms with E-state index >= 15 is 0 Å². The van der Waals surface area contributed by atoms with Gasteiger partial charge in [0.05, 0.1) is 0 Å². The second kappa shape index (κ2) is 3.72. The zero-order valence-corrected chi connectivity index (χ0v) is 7.92. The number of hydrogen-bond acceptors (Lipinski definition) is 2. The van der Waals surface area contributed by atoms with Gasteiger partial charge >= 0.3 is 6.18 Å². The Bertz CT molecular complexity index is 347. The molecule has 2 nitrogen and oxygen atoms in total. The lowest BCUT2D eigenvalue weighted by Gasteiger charge is -2.25. The van der Waals surface area contributed by atoms with Crippen molar-refractivity contribution in [2.75, 3.05) is 0 Å². The first-order valence-electron chi connectivity index (χ1n) is 4.76. The maximum atomic E-state index is 12.3. The standard InChI is InChI=1S/C10H10F3NO/c11-10(12,13)8-5-2-6-9(14-8)15-7-3-1-4-7/h2,5-7H,1,3-4H2. The second-order valence-electron chi connectivity index (χ2n) is 3.53. The van der Waals surface area contributed by atoms with Crippen LogP contribution in [0.25, 0.3) is 0 Å². The highest BCUT2D eigenvalue weighted by molar-refractivity contribution is 5.18. The Kier molecular flexibility index (Phi) is 2.54. The third-order valence-corrected chi connectivity index (χ3v) is 2.35. The molecule has 2 rings (SSSR count). The van der Waals surface area contributed by atoms with E-state index in [0.717, 1.165) is 25.3 Å². The van der Waals surface area contributed by atoms with Crippen LogP contribution in [0.4, 0.5) is 13.2 Å². The molecule has 0 radical (unpaired) electrons. The average Bonchev–Trinajstić information content (AvgIpc) is 2.11. The maximum Gasteiger partial charge on any atom is 0.433 e. The van der Waals surface area contributed by atoms with Gasteiger partial charge in [-0.2, -0.15) is 13.2 Å². The molecule has 0 amide bonds. The SMILES string of the molecule is FC(F)(F)c1cccc(OC2CCC2)n1. The number of ether oxygens (including phenoxy) is 1. The van der Waals surface area contributed by atoms with Crippen molar-refractivity contribution in [2.45, 2.75) is 31.5 Å². The number of hydrogen-bond donors (Lipinski definition) is 0. The summed E-state index contributed by atoms with van der Waals surface area (Å²) in [5.74, 6) is 0.0644. The van der Waals surface area contributed by atoms with E-state index < -0.39 is 11.9 Å². The van der Waals surface area contributed by atoms with Gasteiger partial charge in [-0.3, -0.25) is 0 Å². The lowest BCUT2D eigenvalue weighted by Crippen LogP contribution is -2.25. The second-order valence-corrected chi connectivity index (χ2v) is 3.53.